The predicted molar refractivity (Wildman–Crippen MR) is 70.7 cm³/mol. The third kappa shape index (κ3) is 1.92. The second-order valence-corrected chi connectivity index (χ2v) is 5.33. The monoisotopic (exact) mass is 272 g/mol. The SMILES string of the molecule is Brc1ccc(C2C[C@@H]2c2ccccc2)cc1. The molecule has 1 unspecified atom stereocenters. The normalized spacial score (nSPS) is 23.1. The summed E-state index contributed by atoms with van der Waals surface area (Å²) in [6, 6.07) is 19.6. The lowest BCUT2D eigenvalue weighted by molar-refractivity contribution is 1.03. The van der Waals surface area contributed by atoms with Crippen LogP contribution in [0, 0.1) is 0 Å². The van der Waals surface area contributed by atoms with Gasteiger partial charge in [-0.1, -0.05) is 58.4 Å². The van der Waals surface area contributed by atoms with Crippen molar-refractivity contribution in [3.63, 3.8) is 0 Å². The summed E-state index contributed by atoms with van der Waals surface area (Å²) >= 11 is 3.48. The Kier molecular flexibility index (Phi) is 2.56. The first-order valence-electron chi connectivity index (χ1n) is 5.65. The van der Waals surface area contributed by atoms with Gasteiger partial charge in [-0.05, 0) is 41.5 Å². The third-order valence-corrected chi connectivity index (χ3v) is 3.84. The summed E-state index contributed by atoms with van der Waals surface area (Å²) in [5, 5.41) is 0. The molecular weight excluding hydrogens is 260 g/mol. The Balaban J connectivity index is 1.79. The summed E-state index contributed by atoms with van der Waals surface area (Å²) in [5.74, 6) is 1.47. The van der Waals surface area contributed by atoms with Gasteiger partial charge in [-0.3, -0.25) is 0 Å². The first-order chi connectivity index (χ1) is 7.84. The average molecular weight is 273 g/mol. The zero-order chi connectivity index (χ0) is 11.0. The summed E-state index contributed by atoms with van der Waals surface area (Å²) in [6.45, 7) is 0. The van der Waals surface area contributed by atoms with E-state index in [9.17, 15) is 0 Å². The van der Waals surface area contributed by atoms with E-state index in [1.165, 1.54) is 17.5 Å². The maximum absolute atomic E-state index is 3.48. The lowest BCUT2D eigenvalue weighted by Gasteiger charge is -2.01. The van der Waals surface area contributed by atoms with Gasteiger partial charge in [-0.2, -0.15) is 0 Å². The van der Waals surface area contributed by atoms with Gasteiger partial charge >= 0.3 is 0 Å². The van der Waals surface area contributed by atoms with Crippen LogP contribution < -0.4 is 0 Å². The summed E-state index contributed by atoms with van der Waals surface area (Å²) < 4.78 is 1.16. The molecule has 1 aliphatic rings. The fraction of sp³-hybridized carbons (Fsp3) is 0.200. The van der Waals surface area contributed by atoms with E-state index < -0.39 is 0 Å². The van der Waals surface area contributed by atoms with Crippen molar-refractivity contribution in [2.24, 2.45) is 0 Å². The molecule has 0 aliphatic heterocycles. The van der Waals surface area contributed by atoms with Crippen LogP contribution in [0.4, 0.5) is 0 Å². The van der Waals surface area contributed by atoms with Crippen LogP contribution in [0.1, 0.15) is 29.4 Å². The zero-order valence-corrected chi connectivity index (χ0v) is 10.5. The summed E-state index contributed by atoms with van der Waals surface area (Å²) in [4.78, 5) is 0. The first kappa shape index (κ1) is 10.1. The molecule has 3 rings (SSSR count). The molecule has 1 aliphatic carbocycles. The molecule has 0 nitrogen and oxygen atoms in total. The minimum Gasteiger partial charge on any atom is -0.0622 e. The number of halogens is 1. The highest BCUT2D eigenvalue weighted by Gasteiger charge is 2.38. The molecule has 80 valence electrons. The standard InChI is InChI=1S/C15H13Br/c16-13-8-6-12(7-9-13)15-10-14(15)11-4-2-1-3-5-11/h1-9,14-15H,10H2/t14-,15?/m1/s1. The molecule has 0 N–H and O–H groups in total. The molecule has 2 aromatic rings. The quantitative estimate of drug-likeness (QED) is 0.742. The summed E-state index contributed by atoms with van der Waals surface area (Å²) in [5.41, 5.74) is 2.95. The van der Waals surface area contributed by atoms with Gasteiger partial charge in [-0.15, -0.1) is 0 Å². The smallest absolute Gasteiger partial charge is 0.0175 e. The lowest BCUT2D eigenvalue weighted by Crippen LogP contribution is -1.83. The van der Waals surface area contributed by atoms with E-state index >= 15 is 0 Å². The highest BCUT2D eigenvalue weighted by atomic mass is 79.9. The van der Waals surface area contributed by atoms with E-state index in [0.717, 1.165) is 16.3 Å². The molecule has 0 heterocycles. The number of hydrogen-bond donors (Lipinski definition) is 0. The van der Waals surface area contributed by atoms with Gasteiger partial charge in [0.1, 0.15) is 0 Å². The van der Waals surface area contributed by atoms with Gasteiger partial charge < -0.3 is 0 Å². The van der Waals surface area contributed by atoms with Crippen molar-refractivity contribution in [2.75, 3.05) is 0 Å². The van der Waals surface area contributed by atoms with Gasteiger partial charge in [0.25, 0.3) is 0 Å². The molecule has 0 saturated heterocycles. The van der Waals surface area contributed by atoms with Crippen molar-refractivity contribution < 1.29 is 0 Å². The fourth-order valence-electron chi connectivity index (χ4n) is 2.34. The molecule has 2 atom stereocenters. The third-order valence-electron chi connectivity index (χ3n) is 3.32. The average Bonchev–Trinajstić information content (AvgIpc) is 3.11. The van der Waals surface area contributed by atoms with E-state index in [2.05, 4.69) is 70.5 Å². The molecule has 1 fully saturated rings. The van der Waals surface area contributed by atoms with Crippen LogP contribution in [0.3, 0.4) is 0 Å². The molecule has 0 aromatic heterocycles. The van der Waals surface area contributed by atoms with Gasteiger partial charge in [0.15, 0.2) is 0 Å². The van der Waals surface area contributed by atoms with Gasteiger partial charge in [0, 0.05) is 4.47 Å². The van der Waals surface area contributed by atoms with Gasteiger partial charge in [-0.25, -0.2) is 0 Å². The van der Waals surface area contributed by atoms with Crippen molar-refractivity contribution in [3.05, 3.63) is 70.2 Å². The Labute approximate surface area is 104 Å². The molecule has 1 saturated carbocycles. The number of hydrogen-bond acceptors (Lipinski definition) is 0. The molecule has 0 spiro atoms. The molecule has 16 heavy (non-hydrogen) atoms. The fourth-order valence-corrected chi connectivity index (χ4v) is 2.61. The predicted octanol–water partition coefficient (Wildman–Crippen LogP) is 4.72. The first-order valence-corrected chi connectivity index (χ1v) is 6.44. The summed E-state index contributed by atoms with van der Waals surface area (Å²) in [6.07, 6.45) is 1.30. The summed E-state index contributed by atoms with van der Waals surface area (Å²) in [7, 11) is 0. The molecule has 0 radical (unpaired) electrons. The molecule has 2 aromatic carbocycles. The molecule has 0 amide bonds. The number of rotatable bonds is 2. The van der Waals surface area contributed by atoms with Crippen LogP contribution in [0.2, 0.25) is 0 Å². The topological polar surface area (TPSA) is 0 Å². The number of benzene rings is 2. The van der Waals surface area contributed by atoms with Crippen LogP contribution in [0.5, 0.6) is 0 Å². The minimum absolute atomic E-state index is 0.732. The molecule has 1 heteroatoms. The van der Waals surface area contributed by atoms with Gasteiger partial charge in [0.05, 0.1) is 0 Å². The lowest BCUT2D eigenvalue weighted by atomic mass is 10.0. The Bertz CT molecular complexity index is 473. The highest BCUT2D eigenvalue weighted by Crippen LogP contribution is 2.54. The Morgan fingerprint density at radius 1 is 0.750 bits per heavy atom. The van der Waals surface area contributed by atoms with Crippen molar-refractivity contribution in [1.29, 1.82) is 0 Å². The van der Waals surface area contributed by atoms with E-state index in [1.54, 1.807) is 0 Å². The maximum Gasteiger partial charge on any atom is 0.0175 e. The van der Waals surface area contributed by atoms with Crippen molar-refractivity contribution >= 4 is 15.9 Å². The zero-order valence-electron chi connectivity index (χ0n) is 8.94. The van der Waals surface area contributed by atoms with Crippen molar-refractivity contribution in [2.45, 2.75) is 18.3 Å². The second-order valence-electron chi connectivity index (χ2n) is 4.41. The van der Waals surface area contributed by atoms with Crippen LogP contribution in [0.15, 0.2) is 59.1 Å². The van der Waals surface area contributed by atoms with E-state index in [-0.39, 0.29) is 0 Å². The molecular formula is C15H13Br. The van der Waals surface area contributed by atoms with Crippen LogP contribution in [-0.4, -0.2) is 0 Å². The van der Waals surface area contributed by atoms with Crippen molar-refractivity contribution in [3.8, 4) is 0 Å². The van der Waals surface area contributed by atoms with Crippen LogP contribution in [0.25, 0.3) is 0 Å². The Morgan fingerprint density at radius 3 is 1.94 bits per heavy atom. The Morgan fingerprint density at radius 2 is 1.31 bits per heavy atom. The largest absolute Gasteiger partial charge is 0.0622 e. The maximum atomic E-state index is 3.48. The van der Waals surface area contributed by atoms with E-state index in [0.29, 0.717) is 0 Å². The van der Waals surface area contributed by atoms with Crippen molar-refractivity contribution in [1.82, 2.24) is 0 Å². The minimum atomic E-state index is 0.732. The highest BCUT2D eigenvalue weighted by molar-refractivity contribution is 9.10. The van der Waals surface area contributed by atoms with Crippen LogP contribution >= 0.6 is 15.9 Å². The van der Waals surface area contributed by atoms with Crippen LogP contribution in [-0.2, 0) is 0 Å². The second kappa shape index (κ2) is 4.06. The van der Waals surface area contributed by atoms with E-state index in [4.69, 9.17) is 0 Å². The van der Waals surface area contributed by atoms with Gasteiger partial charge in [0.2, 0.25) is 0 Å². The molecule has 0 bridgehead atoms. The van der Waals surface area contributed by atoms with E-state index in [1.807, 2.05) is 0 Å². The Hall–Kier alpha value is -1.08.